The number of terminal acetylenes is 1. The second kappa shape index (κ2) is 6.90. The summed E-state index contributed by atoms with van der Waals surface area (Å²) in [6.07, 6.45) is 7.55. The Morgan fingerprint density at radius 2 is 2.21 bits per heavy atom. The number of nitrogens with one attached hydrogen (secondary N) is 1. The van der Waals surface area contributed by atoms with Crippen molar-refractivity contribution in [2.45, 2.75) is 18.8 Å². The number of hydrogen-bond donors (Lipinski definition) is 1. The van der Waals surface area contributed by atoms with Crippen LogP contribution >= 0.6 is 11.6 Å². The van der Waals surface area contributed by atoms with E-state index >= 15 is 0 Å². The minimum Gasteiger partial charge on any atom is -0.350 e. The highest BCUT2D eigenvalue weighted by Crippen LogP contribution is 2.39. The van der Waals surface area contributed by atoms with E-state index in [0.717, 1.165) is 24.2 Å². The molecule has 1 amide bonds. The van der Waals surface area contributed by atoms with Crippen LogP contribution in [0, 0.1) is 12.3 Å². The first kappa shape index (κ1) is 16.3. The number of nitrogens with zero attached hydrogens (tertiary/aromatic N) is 3. The Morgan fingerprint density at radius 3 is 2.92 bits per heavy atom. The molecule has 0 aliphatic heterocycles. The Labute approximate surface area is 146 Å². The molecule has 122 valence electrons. The molecular formula is C18H17ClN4O. The summed E-state index contributed by atoms with van der Waals surface area (Å²) >= 11 is 6.07. The summed E-state index contributed by atoms with van der Waals surface area (Å²) in [5, 5.41) is 3.23. The standard InChI is InChI=1S/C18H17ClN4O/c1-3-12-5-4-6-14(9-12)20-17(24)11-23(2)16-10-15(19)21-18(22-16)13-7-8-13/h1,4-6,9-10,13H,7-8,11H2,2H3,(H,20,24). The second-order valence-corrected chi connectivity index (χ2v) is 6.20. The monoisotopic (exact) mass is 340 g/mol. The van der Waals surface area contributed by atoms with Gasteiger partial charge in [0, 0.05) is 30.3 Å². The number of halogens is 1. The maximum absolute atomic E-state index is 12.2. The second-order valence-electron chi connectivity index (χ2n) is 5.81. The number of anilines is 2. The molecule has 1 heterocycles. The molecule has 0 atom stereocenters. The molecule has 0 radical (unpaired) electrons. The smallest absolute Gasteiger partial charge is 0.243 e. The average molecular weight is 341 g/mol. The van der Waals surface area contributed by atoms with Gasteiger partial charge in [0.2, 0.25) is 5.91 Å². The van der Waals surface area contributed by atoms with Crippen LogP contribution in [0.15, 0.2) is 30.3 Å². The molecule has 1 N–H and O–H groups in total. The van der Waals surface area contributed by atoms with Gasteiger partial charge in [-0.3, -0.25) is 4.79 Å². The zero-order valence-electron chi connectivity index (χ0n) is 13.3. The summed E-state index contributed by atoms with van der Waals surface area (Å²) in [5.74, 6) is 4.18. The van der Waals surface area contributed by atoms with Crippen molar-refractivity contribution in [2.75, 3.05) is 23.8 Å². The third kappa shape index (κ3) is 4.03. The Kier molecular flexibility index (Phi) is 4.68. The fraction of sp³-hybridized carbons (Fsp3) is 0.278. The normalized spacial score (nSPS) is 13.2. The number of likely N-dealkylation sites (N-methyl/N-ethyl adjacent to an activating group) is 1. The van der Waals surface area contributed by atoms with Crippen LogP contribution in [0.1, 0.15) is 30.1 Å². The van der Waals surface area contributed by atoms with Crippen molar-refractivity contribution in [3.63, 3.8) is 0 Å². The molecule has 1 fully saturated rings. The van der Waals surface area contributed by atoms with Crippen LogP contribution in [0.4, 0.5) is 11.5 Å². The van der Waals surface area contributed by atoms with Gasteiger partial charge in [0.25, 0.3) is 0 Å². The van der Waals surface area contributed by atoms with Crippen molar-refractivity contribution < 1.29 is 4.79 Å². The molecule has 0 unspecified atom stereocenters. The molecule has 1 saturated carbocycles. The minimum atomic E-state index is -0.158. The largest absolute Gasteiger partial charge is 0.350 e. The molecule has 24 heavy (non-hydrogen) atoms. The SMILES string of the molecule is C#Cc1cccc(NC(=O)CN(C)c2cc(Cl)nc(C3CC3)n2)c1. The molecule has 0 saturated heterocycles. The summed E-state index contributed by atoms with van der Waals surface area (Å²) in [7, 11) is 1.80. The van der Waals surface area contributed by atoms with Crippen LogP contribution in [0.5, 0.6) is 0 Å². The third-order valence-corrected chi connectivity index (χ3v) is 3.92. The molecular weight excluding hydrogens is 324 g/mol. The lowest BCUT2D eigenvalue weighted by Crippen LogP contribution is -2.30. The van der Waals surface area contributed by atoms with Crippen LogP contribution in [0.3, 0.4) is 0 Å². The highest BCUT2D eigenvalue weighted by atomic mass is 35.5. The van der Waals surface area contributed by atoms with E-state index in [9.17, 15) is 4.79 Å². The van der Waals surface area contributed by atoms with E-state index in [1.165, 1.54) is 0 Å². The number of hydrogen-bond acceptors (Lipinski definition) is 4. The van der Waals surface area contributed by atoms with Crippen LogP contribution in [0.2, 0.25) is 5.15 Å². The number of aromatic nitrogens is 2. The molecule has 1 aliphatic rings. The lowest BCUT2D eigenvalue weighted by atomic mass is 10.2. The predicted molar refractivity (Wildman–Crippen MR) is 95.3 cm³/mol. The summed E-state index contributed by atoms with van der Waals surface area (Å²) < 4.78 is 0. The molecule has 0 spiro atoms. The zero-order valence-corrected chi connectivity index (χ0v) is 14.0. The van der Waals surface area contributed by atoms with Gasteiger partial charge < -0.3 is 10.2 Å². The van der Waals surface area contributed by atoms with Crippen molar-refractivity contribution in [2.24, 2.45) is 0 Å². The molecule has 2 aromatic rings. The van der Waals surface area contributed by atoms with Crippen molar-refractivity contribution >= 4 is 29.0 Å². The summed E-state index contributed by atoms with van der Waals surface area (Å²) in [5.41, 5.74) is 1.39. The topological polar surface area (TPSA) is 58.1 Å². The lowest BCUT2D eigenvalue weighted by Gasteiger charge is -2.18. The van der Waals surface area contributed by atoms with E-state index in [2.05, 4.69) is 21.2 Å². The maximum atomic E-state index is 12.2. The number of amides is 1. The van der Waals surface area contributed by atoms with E-state index in [4.69, 9.17) is 18.0 Å². The molecule has 1 aromatic heterocycles. The summed E-state index contributed by atoms with van der Waals surface area (Å²) in [4.78, 5) is 22.7. The Morgan fingerprint density at radius 1 is 1.42 bits per heavy atom. The molecule has 0 bridgehead atoms. The first-order valence-corrected chi connectivity index (χ1v) is 8.05. The molecule has 5 nitrogen and oxygen atoms in total. The van der Waals surface area contributed by atoms with Crippen LogP contribution < -0.4 is 10.2 Å². The van der Waals surface area contributed by atoms with E-state index in [-0.39, 0.29) is 12.5 Å². The van der Waals surface area contributed by atoms with Gasteiger partial charge >= 0.3 is 0 Å². The first-order chi connectivity index (χ1) is 11.5. The van der Waals surface area contributed by atoms with Gasteiger partial charge in [-0.1, -0.05) is 23.6 Å². The van der Waals surface area contributed by atoms with Crippen LogP contribution in [-0.2, 0) is 4.79 Å². The van der Waals surface area contributed by atoms with Crippen molar-refractivity contribution in [3.05, 3.63) is 46.9 Å². The third-order valence-electron chi connectivity index (χ3n) is 3.73. The lowest BCUT2D eigenvalue weighted by molar-refractivity contribution is -0.114. The van der Waals surface area contributed by atoms with E-state index in [1.807, 2.05) is 6.07 Å². The van der Waals surface area contributed by atoms with Gasteiger partial charge in [-0.25, -0.2) is 9.97 Å². The number of benzene rings is 1. The molecule has 3 rings (SSSR count). The number of carbonyl (C=O) groups excluding carboxylic acids is 1. The van der Waals surface area contributed by atoms with E-state index in [1.54, 1.807) is 36.2 Å². The van der Waals surface area contributed by atoms with Crippen LogP contribution in [-0.4, -0.2) is 29.5 Å². The Balaban J connectivity index is 1.66. The van der Waals surface area contributed by atoms with E-state index in [0.29, 0.717) is 22.6 Å². The fourth-order valence-electron chi connectivity index (χ4n) is 2.33. The van der Waals surface area contributed by atoms with Crippen molar-refractivity contribution in [3.8, 4) is 12.3 Å². The molecule has 1 aliphatic carbocycles. The number of carbonyl (C=O) groups is 1. The quantitative estimate of drug-likeness (QED) is 0.671. The van der Waals surface area contributed by atoms with Crippen molar-refractivity contribution in [1.29, 1.82) is 0 Å². The van der Waals surface area contributed by atoms with Crippen LogP contribution in [0.25, 0.3) is 0 Å². The maximum Gasteiger partial charge on any atom is 0.243 e. The highest BCUT2D eigenvalue weighted by molar-refractivity contribution is 6.29. The Bertz CT molecular complexity index is 811. The van der Waals surface area contributed by atoms with Gasteiger partial charge in [-0.15, -0.1) is 6.42 Å². The van der Waals surface area contributed by atoms with Gasteiger partial charge in [-0.2, -0.15) is 0 Å². The Hall–Kier alpha value is -2.58. The van der Waals surface area contributed by atoms with E-state index < -0.39 is 0 Å². The van der Waals surface area contributed by atoms with Crippen molar-refractivity contribution in [1.82, 2.24) is 9.97 Å². The summed E-state index contributed by atoms with van der Waals surface area (Å²) in [6, 6.07) is 8.83. The van der Waals surface area contributed by atoms with Gasteiger partial charge in [0.05, 0.1) is 6.54 Å². The molecule has 6 heteroatoms. The summed E-state index contributed by atoms with van der Waals surface area (Å²) in [6.45, 7) is 0.151. The highest BCUT2D eigenvalue weighted by Gasteiger charge is 2.27. The first-order valence-electron chi connectivity index (χ1n) is 7.67. The van der Waals surface area contributed by atoms with Gasteiger partial charge in [0.15, 0.2) is 0 Å². The minimum absolute atomic E-state index is 0.151. The van der Waals surface area contributed by atoms with Gasteiger partial charge in [-0.05, 0) is 31.0 Å². The average Bonchev–Trinajstić information content (AvgIpc) is 3.39. The number of rotatable bonds is 5. The predicted octanol–water partition coefficient (Wildman–Crippen LogP) is 3.06. The zero-order chi connectivity index (χ0) is 17.1. The molecule has 1 aromatic carbocycles. The van der Waals surface area contributed by atoms with Gasteiger partial charge in [0.1, 0.15) is 16.8 Å². The fourth-order valence-corrected chi connectivity index (χ4v) is 2.51.